The Balaban J connectivity index is 2.51. The molecule has 0 N–H and O–H groups in total. The summed E-state index contributed by atoms with van der Waals surface area (Å²) in [4.78, 5) is 8.22. The number of nitrogens with zero attached hydrogens (tertiary/aromatic N) is 4. The average molecular weight is 206 g/mol. The summed E-state index contributed by atoms with van der Waals surface area (Å²) in [5.74, 6) is 0. The molecule has 2 aromatic heterocycles. The van der Waals surface area contributed by atoms with Crippen molar-refractivity contribution in [1.82, 2.24) is 9.97 Å². The Morgan fingerprint density at radius 2 is 1.25 bits per heavy atom. The summed E-state index contributed by atoms with van der Waals surface area (Å²) in [6, 6.07) is 10.6. The van der Waals surface area contributed by atoms with E-state index in [2.05, 4.69) is 9.97 Å². The monoisotopic (exact) mass is 206 g/mol. The van der Waals surface area contributed by atoms with E-state index in [-0.39, 0.29) is 0 Å². The van der Waals surface area contributed by atoms with E-state index in [0.717, 1.165) is 0 Å². The Bertz CT molecular complexity index is 549. The van der Waals surface area contributed by atoms with Crippen molar-refractivity contribution >= 4 is 0 Å². The molecular formula is C12H6N4. The van der Waals surface area contributed by atoms with Crippen LogP contribution in [0.1, 0.15) is 11.1 Å². The van der Waals surface area contributed by atoms with Gasteiger partial charge in [0.1, 0.15) is 0 Å². The van der Waals surface area contributed by atoms with Gasteiger partial charge in [0.25, 0.3) is 0 Å². The van der Waals surface area contributed by atoms with Crippen molar-refractivity contribution in [2.24, 2.45) is 0 Å². The van der Waals surface area contributed by atoms with Gasteiger partial charge < -0.3 is 0 Å². The summed E-state index contributed by atoms with van der Waals surface area (Å²) >= 11 is 0. The predicted octanol–water partition coefficient (Wildman–Crippen LogP) is 1.89. The smallest absolute Gasteiger partial charge is 0.0992 e. The molecule has 0 aliphatic heterocycles. The summed E-state index contributed by atoms with van der Waals surface area (Å²) in [6.07, 6.45) is 3.10. The molecule has 0 bridgehead atoms. The van der Waals surface area contributed by atoms with Crippen LogP contribution in [0.4, 0.5) is 0 Å². The molecule has 2 aromatic rings. The Morgan fingerprint density at radius 3 is 1.62 bits per heavy atom. The van der Waals surface area contributed by atoms with Gasteiger partial charge in [0, 0.05) is 12.4 Å². The van der Waals surface area contributed by atoms with Crippen LogP contribution in [-0.4, -0.2) is 9.97 Å². The second kappa shape index (κ2) is 4.20. The first-order valence-electron chi connectivity index (χ1n) is 4.56. The van der Waals surface area contributed by atoms with Crippen LogP contribution in [0.25, 0.3) is 11.4 Å². The average Bonchev–Trinajstić information content (AvgIpc) is 2.39. The first kappa shape index (κ1) is 9.82. The van der Waals surface area contributed by atoms with Crippen molar-refractivity contribution in [2.75, 3.05) is 0 Å². The molecule has 0 aliphatic rings. The van der Waals surface area contributed by atoms with Crippen molar-refractivity contribution in [3.8, 4) is 23.5 Å². The van der Waals surface area contributed by atoms with Crippen LogP contribution < -0.4 is 0 Å². The zero-order chi connectivity index (χ0) is 11.4. The molecule has 0 saturated heterocycles. The van der Waals surface area contributed by atoms with Gasteiger partial charge in [-0.2, -0.15) is 10.5 Å². The lowest BCUT2D eigenvalue weighted by Crippen LogP contribution is -1.89. The Kier molecular flexibility index (Phi) is 2.58. The normalized spacial score (nSPS) is 9.12. The summed E-state index contributed by atoms with van der Waals surface area (Å²) in [5, 5.41) is 17.5. The van der Waals surface area contributed by atoms with Gasteiger partial charge in [0.05, 0.1) is 34.7 Å². The van der Waals surface area contributed by atoms with Crippen LogP contribution in [0.15, 0.2) is 36.7 Å². The van der Waals surface area contributed by atoms with E-state index < -0.39 is 0 Å². The largest absolute Gasteiger partial charge is 0.255 e. The first-order valence-corrected chi connectivity index (χ1v) is 4.56. The Labute approximate surface area is 92.4 Å². The maximum Gasteiger partial charge on any atom is 0.0992 e. The second-order valence-corrected chi connectivity index (χ2v) is 3.08. The maximum atomic E-state index is 8.76. The molecule has 0 atom stereocenters. The van der Waals surface area contributed by atoms with E-state index in [1.165, 1.54) is 0 Å². The Morgan fingerprint density at radius 1 is 0.812 bits per heavy atom. The molecule has 0 fully saturated rings. The van der Waals surface area contributed by atoms with Crippen LogP contribution in [0, 0.1) is 22.7 Å². The van der Waals surface area contributed by atoms with Crippen LogP contribution in [-0.2, 0) is 0 Å². The zero-order valence-corrected chi connectivity index (χ0v) is 8.25. The third kappa shape index (κ3) is 1.87. The molecule has 0 radical (unpaired) electrons. The molecular weight excluding hydrogens is 200 g/mol. The van der Waals surface area contributed by atoms with Gasteiger partial charge in [0.2, 0.25) is 0 Å². The standard InChI is InChI=1S/C12H6N4/c13-7-9-1-3-15-11(5-9)12-6-10(8-14)2-4-16-12/h1-6H. The molecule has 0 unspecified atom stereocenters. The fourth-order valence-corrected chi connectivity index (χ4v) is 1.28. The molecule has 0 saturated carbocycles. The van der Waals surface area contributed by atoms with Crippen molar-refractivity contribution in [1.29, 1.82) is 10.5 Å². The van der Waals surface area contributed by atoms with E-state index in [9.17, 15) is 0 Å². The van der Waals surface area contributed by atoms with Gasteiger partial charge in [-0.25, -0.2) is 0 Å². The minimum atomic E-state index is 0.522. The van der Waals surface area contributed by atoms with Gasteiger partial charge in [0.15, 0.2) is 0 Å². The molecule has 2 rings (SSSR count). The lowest BCUT2D eigenvalue weighted by molar-refractivity contribution is 1.23. The minimum Gasteiger partial charge on any atom is -0.255 e. The summed E-state index contributed by atoms with van der Waals surface area (Å²) in [5.41, 5.74) is 2.23. The number of hydrogen-bond acceptors (Lipinski definition) is 4. The number of hydrogen-bond donors (Lipinski definition) is 0. The quantitative estimate of drug-likeness (QED) is 0.714. The lowest BCUT2D eigenvalue weighted by atomic mass is 10.1. The zero-order valence-electron chi connectivity index (χ0n) is 8.25. The molecule has 4 heteroatoms. The second-order valence-electron chi connectivity index (χ2n) is 3.08. The lowest BCUT2D eigenvalue weighted by Gasteiger charge is -1.99. The minimum absolute atomic E-state index is 0.522. The van der Waals surface area contributed by atoms with Gasteiger partial charge in [-0.3, -0.25) is 9.97 Å². The van der Waals surface area contributed by atoms with Crippen molar-refractivity contribution in [3.05, 3.63) is 47.8 Å². The maximum absolute atomic E-state index is 8.76. The van der Waals surface area contributed by atoms with Crippen LogP contribution in [0.5, 0.6) is 0 Å². The van der Waals surface area contributed by atoms with Gasteiger partial charge in [-0.05, 0) is 24.3 Å². The third-order valence-electron chi connectivity index (χ3n) is 2.04. The highest BCUT2D eigenvalue weighted by Gasteiger charge is 2.02. The van der Waals surface area contributed by atoms with Crippen LogP contribution in [0.3, 0.4) is 0 Å². The van der Waals surface area contributed by atoms with E-state index >= 15 is 0 Å². The highest BCUT2D eigenvalue weighted by atomic mass is 14.8. The molecule has 0 aliphatic carbocycles. The fraction of sp³-hybridized carbons (Fsp3) is 0. The van der Waals surface area contributed by atoms with E-state index in [1.54, 1.807) is 36.7 Å². The van der Waals surface area contributed by atoms with E-state index in [1.807, 2.05) is 12.1 Å². The van der Waals surface area contributed by atoms with E-state index in [0.29, 0.717) is 22.5 Å². The third-order valence-corrected chi connectivity index (χ3v) is 2.04. The van der Waals surface area contributed by atoms with Crippen molar-refractivity contribution < 1.29 is 0 Å². The van der Waals surface area contributed by atoms with Crippen LogP contribution in [0.2, 0.25) is 0 Å². The van der Waals surface area contributed by atoms with Crippen LogP contribution >= 0.6 is 0 Å². The molecule has 0 amide bonds. The van der Waals surface area contributed by atoms with Gasteiger partial charge in [-0.15, -0.1) is 0 Å². The van der Waals surface area contributed by atoms with Gasteiger partial charge in [-0.1, -0.05) is 0 Å². The van der Waals surface area contributed by atoms with Gasteiger partial charge >= 0.3 is 0 Å². The van der Waals surface area contributed by atoms with E-state index in [4.69, 9.17) is 10.5 Å². The van der Waals surface area contributed by atoms with Crippen molar-refractivity contribution in [2.45, 2.75) is 0 Å². The summed E-state index contributed by atoms with van der Waals surface area (Å²) < 4.78 is 0. The highest BCUT2D eigenvalue weighted by molar-refractivity contribution is 5.58. The number of rotatable bonds is 1. The number of pyridine rings is 2. The van der Waals surface area contributed by atoms with Crippen molar-refractivity contribution in [3.63, 3.8) is 0 Å². The molecule has 0 spiro atoms. The fourth-order valence-electron chi connectivity index (χ4n) is 1.28. The summed E-state index contributed by atoms with van der Waals surface area (Å²) in [6.45, 7) is 0. The number of aromatic nitrogens is 2. The number of nitriles is 2. The predicted molar refractivity (Wildman–Crippen MR) is 56.9 cm³/mol. The molecule has 0 aromatic carbocycles. The highest BCUT2D eigenvalue weighted by Crippen LogP contribution is 2.15. The first-order chi connectivity index (χ1) is 7.83. The molecule has 4 nitrogen and oxygen atoms in total. The molecule has 74 valence electrons. The summed E-state index contributed by atoms with van der Waals surface area (Å²) in [7, 11) is 0. The Hall–Kier alpha value is -2.72. The SMILES string of the molecule is N#Cc1ccnc(-c2cc(C#N)ccn2)c1. The molecule has 16 heavy (non-hydrogen) atoms. The topological polar surface area (TPSA) is 73.4 Å². The molecule has 2 heterocycles.